The molecule has 2 aromatic heterocycles. The molecule has 0 bridgehead atoms. The van der Waals surface area contributed by atoms with E-state index in [0.29, 0.717) is 23.7 Å². The van der Waals surface area contributed by atoms with E-state index >= 15 is 0 Å². The van der Waals surface area contributed by atoms with E-state index in [4.69, 9.17) is 4.42 Å². The highest BCUT2D eigenvalue weighted by atomic mass is 16.3. The third-order valence-corrected chi connectivity index (χ3v) is 6.28. The molecule has 0 unspecified atom stereocenters. The molecule has 1 saturated carbocycles. The van der Waals surface area contributed by atoms with Gasteiger partial charge in [0, 0.05) is 11.7 Å². The van der Waals surface area contributed by atoms with Gasteiger partial charge in [-0.15, -0.1) is 10.2 Å². The van der Waals surface area contributed by atoms with Gasteiger partial charge in [0.25, 0.3) is 5.91 Å². The molecule has 1 aliphatic carbocycles. The summed E-state index contributed by atoms with van der Waals surface area (Å²) in [4.78, 5) is 30.1. The summed E-state index contributed by atoms with van der Waals surface area (Å²) in [5.74, 6) is 1.37. The predicted octanol–water partition coefficient (Wildman–Crippen LogP) is 4.06. The monoisotopic (exact) mass is 478 g/mol. The number of carbonyl (C=O) groups excluding carboxylic acids is 2. The number of hydrogen-bond acceptors (Lipinski definition) is 6. The number of hydrogen-bond donors (Lipinski definition) is 1. The van der Waals surface area contributed by atoms with E-state index in [1.807, 2.05) is 44.2 Å². The van der Waals surface area contributed by atoms with Crippen LogP contribution >= 0.6 is 0 Å². The Labute approximate surface area is 205 Å². The summed E-state index contributed by atoms with van der Waals surface area (Å²) in [6.45, 7) is 7.80. The first kappa shape index (κ1) is 24.6. The maximum Gasteiger partial charge on any atom is 0.251 e. The van der Waals surface area contributed by atoms with Crippen molar-refractivity contribution in [1.29, 1.82) is 0 Å². The molecule has 186 valence electrons. The van der Waals surface area contributed by atoms with E-state index in [-0.39, 0.29) is 30.3 Å². The molecule has 9 nitrogen and oxygen atoms in total. The van der Waals surface area contributed by atoms with E-state index in [1.54, 1.807) is 11.0 Å². The second-order valence-corrected chi connectivity index (χ2v) is 9.79. The number of furan rings is 1. The van der Waals surface area contributed by atoms with Gasteiger partial charge in [-0.3, -0.25) is 14.5 Å². The maximum atomic E-state index is 13.7. The maximum absolute atomic E-state index is 13.7. The molecular weight excluding hydrogens is 444 g/mol. The lowest BCUT2D eigenvalue weighted by Gasteiger charge is -2.33. The van der Waals surface area contributed by atoms with E-state index in [1.165, 1.54) is 4.80 Å². The van der Waals surface area contributed by atoms with Gasteiger partial charge in [-0.2, -0.15) is 4.80 Å². The zero-order valence-electron chi connectivity index (χ0n) is 20.9. The third kappa shape index (κ3) is 6.15. The Morgan fingerprint density at radius 1 is 1.11 bits per heavy atom. The number of aryl methyl sites for hydroxylation is 2. The van der Waals surface area contributed by atoms with Crippen molar-refractivity contribution in [3.05, 3.63) is 47.7 Å². The molecule has 1 fully saturated rings. The highest BCUT2D eigenvalue weighted by Crippen LogP contribution is 2.25. The number of nitrogens with one attached hydrogen (secondary N) is 1. The van der Waals surface area contributed by atoms with Crippen LogP contribution in [0.2, 0.25) is 0 Å². The molecule has 0 radical (unpaired) electrons. The zero-order valence-corrected chi connectivity index (χ0v) is 20.9. The lowest BCUT2D eigenvalue weighted by molar-refractivity contribution is -0.127. The molecule has 1 atom stereocenters. The average Bonchev–Trinajstić information content (AvgIpc) is 3.57. The molecule has 4 rings (SSSR count). The number of rotatable bonds is 9. The first-order chi connectivity index (χ1) is 16.8. The van der Waals surface area contributed by atoms with Crippen molar-refractivity contribution in [1.82, 2.24) is 25.5 Å². The Balaban J connectivity index is 1.61. The fraction of sp³-hybridized carbons (Fsp3) is 0.500. The van der Waals surface area contributed by atoms with Gasteiger partial charge in [-0.25, -0.2) is 0 Å². The number of nitrogens with zero attached hydrogens (tertiary/aromatic N) is 5. The lowest BCUT2D eigenvalue weighted by Crippen LogP contribution is -2.53. The molecule has 3 aromatic rings. The van der Waals surface area contributed by atoms with Gasteiger partial charge in [0.15, 0.2) is 5.76 Å². The van der Waals surface area contributed by atoms with E-state index in [0.717, 1.165) is 37.0 Å². The third-order valence-electron chi connectivity index (χ3n) is 6.28. The van der Waals surface area contributed by atoms with Crippen LogP contribution in [0.15, 0.2) is 40.8 Å². The highest BCUT2D eigenvalue weighted by Gasteiger charge is 2.33. The van der Waals surface area contributed by atoms with E-state index in [2.05, 4.69) is 34.6 Å². The number of tetrazole rings is 1. The zero-order chi connectivity index (χ0) is 24.9. The summed E-state index contributed by atoms with van der Waals surface area (Å²) in [5, 5.41) is 15.6. The van der Waals surface area contributed by atoms with Crippen LogP contribution in [0, 0.1) is 19.8 Å². The normalized spacial score (nSPS) is 14.9. The molecule has 1 aromatic carbocycles. The minimum atomic E-state index is -0.637. The summed E-state index contributed by atoms with van der Waals surface area (Å²) < 4.78 is 5.57. The Kier molecular flexibility index (Phi) is 7.63. The quantitative estimate of drug-likeness (QED) is 0.497. The first-order valence-corrected chi connectivity index (χ1v) is 12.3. The molecule has 2 heterocycles. The smallest absolute Gasteiger partial charge is 0.251 e. The largest absolute Gasteiger partial charge is 0.458 e. The number of carbonyl (C=O) groups is 2. The van der Waals surface area contributed by atoms with Crippen LogP contribution < -0.4 is 10.2 Å². The molecule has 35 heavy (non-hydrogen) atoms. The summed E-state index contributed by atoms with van der Waals surface area (Å²) >= 11 is 0. The molecule has 0 spiro atoms. The standard InChI is InChI=1S/C26H34N6O3/c1-17(2)15-22(26(34)27-20-7-5-6-8-20)32(21-12-9-18(3)10-13-21)24(33)16-31-29-25(28-30-31)23-14-11-19(4)35-23/h9-14,17,20,22H,5-8,15-16H2,1-4H3,(H,27,34)/t22-/m0/s1. The van der Waals surface area contributed by atoms with Gasteiger partial charge in [0.2, 0.25) is 11.7 Å². The summed E-state index contributed by atoms with van der Waals surface area (Å²) in [5.41, 5.74) is 1.75. The van der Waals surface area contributed by atoms with Gasteiger partial charge in [0.1, 0.15) is 18.3 Å². The number of benzene rings is 1. The van der Waals surface area contributed by atoms with Gasteiger partial charge in [0.05, 0.1) is 0 Å². The predicted molar refractivity (Wildman–Crippen MR) is 133 cm³/mol. The van der Waals surface area contributed by atoms with Crippen molar-refractivity contribution in [3.8, 4) is 11.6 Å². The Hall–Kier alpha value is -3.49. The molecule has 0 aliphatic heterocycles. The molecule has 1 aliphatic rings. The van der Waals surface area contributed by atoms with Crippen LogP contribution in [0.4, 0.5) is 5.69 Å². The van der Waals surface area contributed by atoms with Crippen molar-refractivity contribution >= 4 is 17.5 Å². The summed E-state index contributed by atoms with van der Waals surface area (Å²) in [6, 6.07) is 10.8. The van der Waals surface area contributed by atoms with Crippen molar-refractivity contribution in [2.24, 2.45) is 5.92 Å². The SMILES string of the molecule is Cc1ccc(N(C(=O)Cn2nnc(-c3ccc(C)o3)n2)[C@@H](CC(C)C)C(=O)NC2CCCC2)cc1. The summed E-state index contributed by atoms with van der Waals surface area (Å²) in [6.07, 6.45) is 4.75. The van der Waals surface area contributed by atoms with Crippen molar-refractivity contribution < 1.29 is 14.0 Å². The Morgan fingerprint density at radius 2 is 1.83 bits per heavy atom. The van der Waals surface area contributed by atoms with Crippen LogP contribution in [0.25, 0.3) is 11.6 Å². The highest BCUT2D eigenvalue weighted by molar-refractivity contribution is 6.00. The van der Waals surface area contributed by atoms with Crippen LogP contribution in [0.1, 0.15) is 57.3 Å². The van der Waals surface area contributed by atoms with Gasteiger partial charge in [-0.05, 0) is 68.5 Å². The summed E-state index contributed by atoms with van der Waals surface area (Å²) in [7, 11) is 0. The molecular formula is C26H34N6O3. The fourth-order valence-electron chi connectivity index (χ4n) is 4.51. The number of amides is 2. The van der Waals surface area contributed by atoms with Gasteiger partial charge >= 0.3 is 0 Å². The minimum absolute atomic E-state index is 0.113. The van der Waals surface area contributed by atoms with Crippen LogP contribution in [-0.4, -0.2) is 44.1 Å². The molecule has 0 saturated heterocycles. The van der Waals surface area contributed by atoms with E-state index < -0.39 is 6.04 Å². The fourth-order valence-corrected chi connectivity index (χ4v) is 4.51. The number of aromatic nitrogens is 4. The number of anilines is 1. The van der Waals surface area contributed by atoms with Gasteiger partial charge in [-0.1, -0.05) is 44.4 Å². The van der Waals surface area contributed by atoms with Crippen LogP contribution in [0.5, 0.6) is 0 Å². The topological polar surface area (TPSA) is 106 Å². The van der Waals surface area contributed by atoms with E-state index in [9.17, 15) is 9.59 Å². The van der Waals surface area contributed by atoms with Crippen molar-refractivity contribution in [2.75, 3.05) is 4.90 Å². The van der Waals surface area contributed by atoms with Crippen LogP contribution in [0.3, 0.4) is 0 Å². The van der Waals surface area contributed by atoms with Crippen molar-refractivity contribution in [3.63, 3.8) is 0 Å². The Bertz CT molecular complexity index is 1140. The second-order valence-electron chi connectivity index (χ2n) is 9.79. The lowest BCUT2D eigenvalue weighted by atomic mass is 9.99. The molecule has 9 heteroatoms. The van der Waals surface area contributed by atoms with Crippen molar-refractivity contribution in [2.45, 2.75) is 78.4 Å². The average molecular weight is 479 g/mol. The molecule has 1 N–H and O–H groups in total. The molecule has 2 amide bonds. The first-order valence-electron chi connectivity index (χ1n) is 12.3. The van der Waals surface area contributed by atoms with Crippen LogP contribution in [-0.2, 0) is 16.1 Å². The second kappa shape index (κ2) is 10.8. The minimum Gasteiger partial charge on any atom is -0.458 e. The van der Waals surface area contributed by atoms with Gasteiger partial charge < -0.3 is 9.73 Å². The Morgan fingerprint density at radius 3 is 2.46 bits per heavy atom.